The number of hydrogen-bond acceptors (Lipinski definition) is 9. The Morgan fingerprint density at radius 1 is 0.471 bits per heavy atom. The molecule has 1 radical (unpaired) electrons. The summed E-state index contributed by atoms with van der Waals surface area (Å²) < 4.78 is 6.12. The second kappa shape index (κ2) is 23.0. The van der Waals surface area contributed by atoms with Gasteiger partial charge in [-0.1, -0.05) is 55.7 Å². The van der Waals surface area contributed by atoms with Crippen LogP contribution >= 0.6 is 0 Å². The van der Waals surface area contributed by atoms with E-state index >= 15 is 0 Å². The predicted molar refractivity (Wildman–Crippen MR) is 273 cm³/mol. The van der Waals surface area contributed by atoms with Crippen molar-refractivity contribution in [3.05, 3.63) is 220 Å². The topological polar surface area (TPSA) is 54.5 Å². The second-order valence-corrected chi connectivity index (χ2v) is 17.1. The number of unbranched alkanes of at least 4 members (excludes halogenated alkanes) is 1. The summed E-state index contributed by atoms with van der Waals surface area (Å²) in [6, 6.07) is 70.4. The first-order valence-electron chi connectivity index (χ1n) is 23.6. The molecule has 4 aliphatic rings. The normalized spacial score (nSPS) is 14.7. The van der Waals surface area contributed by atoms with E-state index in [1.54, 1.807) is 18.5 Å². The maximum Gasteiger partial charge on any atom is 0.0326 e. The third-order valence-electron chi connectivity index (χ3n) is 12.7. The quantitative estimate of drug-likeness (QED) is 0.0879. The molecule has 8 aromatic rings. The monoisotopic (exact) mass is 1270 g/mol. The van der Waals surface area contributed by atoms with Gasteiger partial charge < -0.3 is 44.1 Å². The van der Waals surface area contributed by atoms with Gasteiger partial charge in [0.2, 0.25) is 0 Å². The van der Waals surface area contributed by atoms with E-state index in [0.717, 1.165) is 43.0 Å². The molecule has 0 unspecified atom stereocenters. The van der Waals surface area contributed by atoms with E-state index in [-0.39, 0.29) is 41.2 Å². The first-order valence-corrected chi connectivity index (χ1v) is 23.6. The van der Waals surface area contributed by atoms with Gasteiger partial charge in [-0.3, -0.25) is 0 Å². The van der Waals surface area contributed by atoms with Crippen molar-refractivity contribution in [3.63, 3.8) is 0 Å². The molecule has 6 aromatic carbocycles. The van der Waals surface area contributed by atoms with Gasteiger partial charge in [0, 0.05) is 92.8 Å². The van der Waals surface area contributed by atoms with Gasteiger partial charge in [-0.25, -0.2) is 6.07 Å². The SMILES string of the molecule is [Ir].[Pt].[c-]1c(Oc2[c-]c(-c3[c-]cccn3)ncc2)cccc1N1[CH-]N(C2CCCCC2)c2ccccc21.[c-]1ccccc1N1[CH-]N(CCCCN2[CH-]N(c3[c-]cccc3)c3ccccc32)c2ccccc21. The van der Waals surface area contributed by atoms with E-state index in [1.807, 2.05) is 48.5 Å². The van der Waals surface area contributed by atoms with Gasteiger partial charge in [-0.05, 0) is 87.6 Å². The second-order valence-electron chi connectivity index (χ2n) is 17.1. The van der Waals surface area contributed by atoms with Crippen molar-refractivity contribution in [2.45, 2.75) is 51.0 Å². The third kappa shape index (κ3) is 10.7. The van der Waals surface area contributed by atoms with Crippen molar-refractivity contribution in [1.29, 1.82) is 0 Å². The fourth-order valence-electron chi connectivity index (χ4n) is 9.46. The Morgan fingerprint density at radius 2 is 0.986 bits per heavy atom. The van der Waals surface area contributed by atoms with Crippen LogP contribution in [0.3, 0.4) is 0 Å². The molecule has 1 fully saturated rings. The van der Waals surface area contributed by atoms with Crippen LogP contribution in [-0.4, -0.2) is 29.1 Å². The number of anilines is 9. The molecule has 0 atom stereocenters. The molecule has 5 heterocycles. The Kier molecular flexibility index (Phi) is 15.9. The zero-order chi connectivity index (χ0) is 45.5. The fraction of sp³-hybridized carbons (Fsp3) is 0.169. The molecule has 1 saturated carbocycles. The van der Waals surface area contributed by atoms with Crippen molar-refractivity contribution >= 4 is 51.2 Å². The van der Waals surface area contributed by atoms with Gasteiger partial charge in [0.25, 0.3) is 0 Å². The summed E-state index contributed by atoms with van der Waals surface area (Å²) in [5.41, 5.74) is 11.7. The summed E-state index contributed by atoms with van der Waals surface area (Å²) in [5.74, 6) is 1.19. The van der Waals surface area contributed by atoms with Gasteiger partial charge in [-0.15, -0.1) is 58.8 Å². The number of fused-ring (bicyclic) bond motifs is 3. The van der Waals surface area contributed by atoms with Gasteiger partial charge >= 0.3 is 0 Å². The number of ether oxygens (including phenoxy) is 1. The Hall–Kier alpha value is -6.44. The van der Waals surface area contributed by atoms with Gasteiger partial charge in [-0.2, -0.15) is 98.9 Å². The first-order chi connectivity index (χ1) is 33.7. The summed E-state index contributed by atoms with van der Waals surface area (Å²) >= 11 is 0. The zero-order valence-electron chi connectivity index (χ0n) is 38.5. The van der Waals surface area contributed by atoms with Gasteiger partial charge in [0.1, 0.15) is 0 Å². The van der Waals surface area contributed by atoms with Crippen LogP contribution in [0.15, 0.2) is 170 Å². The third-order valence-corrected chi connectivity index (χ3v) is 12.7. The number of nitrogens with zero attached hydrogens (tertiary/aromatic N) is 8. The average molecular weight is 1270 g/mol. The van der Waals surface area contributed by atoms with Crippen molar-refractivity contribution in [3.8, 4) is 22.9 Å². The predicted octanol–water partition coefficient (Wildman–Crippen LogP) is 13.7. The molecule has 359 valence electrons. The van der Waals surface area contributed by atoms with E-state index in [9.17, 15) is 0 Å². The summed E-state index contributed by atoms with van der Waals surface area (Å²) in [6.45, 7) is 8.60. The maximum atomic E-state index is 6.12. The minimum atomic E-state index is 0. The van der Waals surface area contributed by atoms with Crippen molar-refractivity contribution in [1.82, 2.24) is 9.97 Å². The Morgan fingerprint density at radius 3 is 1.57 bits per heavy atom. The summed E-state index contributed by atoms with van der Waals surface area (Å²) in [6.07, 6.45) is 12.0. The van der Waals surface area contributed by atoms with Gasteiger partial charge in [0.15, 0.2) is 0 Å². The summed E-state index contributed by atoms with van der Waals surface area (Å²) in [7, 11) is 0. The van der Waals surface area contributed by atoms with Crippen molar-refractivity contribution in [2.24, 2.45) is 0 Å². The molecule has 0 N–H and O–H groups in total. The maximum absolute atomic E-state index is 6.12. The van der Waals surface area contributed by atoms with Crippen LogP contribution in [0.25, 0.3) is 11.4 Å². The summed E-state index contributed by atoms with van der Waals surface area (Å²) in [4.78, 5) is 22.5. The minimum absolute atomic E-state index is 0. The van der Waals surface area contributed by atoms with Crippen LogP contribution in [0.2, 0.25) is 0 Å². The van der Waals surface area contributed by atoms with Crippen molar-refractivity contribution in [2.75, 3.05) is 42.5 Å². The van der Waals surface area contributed by atoms with E-state index in [4.69, 9.17) is 4.74 Å². The minimum Gasteiger partial charge on any atom is -0.510 e. The first kappa shape index (κ1) is 48.6. The molecule has 0 spiro atoms. The molecule has 0 saturated heterocycles. The number of aromatic nitrogens is 2. The average Bonchev–Trinajstić information content (AvgIpc) is 4.11. The Balaban J connectivity index is 0.000000169. The van der Waals surface area contributed by atoms with Crippen LogP contribution in [0, 0.1) is 50.3 Å². The van der Waals surface area contributed by atoms with E-state index < -0.39 is 0 Å². The van der Waals surface area contributed by atoms with Crippen LogP contribution in [0.1, 0.15) is 44.9 Å². The van der Waals surface area contributed by atoms with Crippen molar-refractivity contribution < 1.29 is 45.9 Å². The van der Waals surface area contributed by atoms with Crippen LogP contribution in [0.5, 0.6) is 11.5 Å². The van der Waals surface area contributed by atoms with Crippen LogP contribution in [0.4, 0.5) is 51.2 Å². The molecular weight excluding hydrogens is 1220 g/mol. The Bertz CT molecular complexity index is 2830. The number of rotatable bonds is 12. The summed E-state index contributed by atoms with van der Waals surface area (Å²) in [5, 5.41) is 0. The van der Waals surface area contributed by atoms with Crippen LogP contribution < -0.4 is 34.1 Å². The molecule has 1 aliphatic carbocycles. The zero-order valence-corrected chi connectivity index (χ0v) is 43.1. The molecular formula is C59H50IrN8OPt-8. The number of para-hydroxylation sites is 8. The largest absolute Gasteiger partial charge is 0.510 e. The molecule has 0 bridgehead atoms. The molecule has 3 aliphatic heterocycles. The number of pyridine rings is 2. The number of hydrogen-bond donors (Lipinski definition) is 0. The van der Waals surface area contributed by atoms with Crippen LogP contribution in [-0.2, 0) is 41.2 Å². The number of benzene rings is 6. The molecule has 12 rings (SSSR count). The molecule has 9 nitrogen and oxygen atoms in total. The molecule has 2 aromatic heterocycles. The smallest absolute Gasteiger partial charge is 0.0326 e. The standard InChI is InChI=1S/C30H26N4.C29H24N4O.Ir.Pt/c1-3-13-25(14-4-1)33-23-31(27-17-7-9-19-29(27)33)21-11-12-22-32-24-34(26-15-5-2-6-16-26)30-20-10-8-18-28(30)32;1-2-9-22(10-3-1)32-21-33(29-15-5-4-14-28(29)32)23-11-8-12-24(19-23)34-25-16-18-31-27(20-25)26-13-6-7-17-30-26;;/h1-10,13,15,17-20,23-24H,11-12,21-22H2;4-8,11-12,14-18,21-22H,1-3,9-10H2;;/q2*-4;;. The van der Waals surface area contributed by atoms with E-state index in [1.165, 1.54) is 66.2 Å². The molecule has 0 amide bonds. The molecule has 70 heavy (non-hydrogen) atoms. The van der Waals surface area contributed by atoms with E-state index in [2.05, 4.69) is 193 Å². The Labute approximate surface area is 441 Å². The van der Waals surface area contributed by atoms with E-state index in [0.29, 0.717) is 28.9 Å². The molecule has 11 heteroatoms. The fourth-order valence-corrected chi connectivity index (χ4v) is 9.46. The van der Waals surface area contributed by atoms with Gasteiger partial charge in [0.05, 0.1) is 0 Å².